The van der Waals surface area contributed by atoms with Gasteiger partial charge in [0.05, 0.1) is 6.20 Å². The van der Waals surface area contributed by atoms with Gasteiger partial charge in [0.2, 0.25) is 10.0 Å². The third-order valence-electron chi connectivity index (χ3n) is 3.50. The lowest BCUT2D eigenvalue weighted by molar-refractivity contribution is 0.268. The minimum atomic E-state index is -3.43. The zero-order valence-corrected chi connectivity index (χ0v) is 12.0. The summed E-state index contributed by atoms with van der Waals surface area (Å²) in [4.78, 5) is 0.249. The summed E-state index contributed by atoms with van der Waals surface area (Å²) in [6, 6.07) is 0.0551. The summed E-state index contributed by atoms with van der Waals surface area (Å²) in [6.45, 7) is 3.14. The van der Waals surface area contributed by atoms with Crippen molar-refractivity contribution in [1.82, 2.24) is 14.1 Å². The van der Waals surface area contributed by atoms with Crippen LogP contribution in [0.1, 0.15) is 32.6 Å². The topological polar surface area (TPSA) is 75.4 Å². The van der Waals surface area contributed by atoms with Gasteiger partial charge in [-0.05, 0) is 26.2 Å². The molecule has 1 unspecified atom stereocenters. The average molecular weight is 287 g/mol. The van der Waals surface area contributed by atoms with Crippen molar-refractivity contribution in [1.29, 1.82) is 0 Å². The molecule has 0 saturated carbocycles. The van der Waals surface area contributed by atoms with Crippen molar-refractivity contribution < 1.29 is 13.5 Å². The third kappa shape index (κ3) is 3.16. The van der Waals surface area contributed by atoms with Gasteiger partial charge in [-0.2, -0.15) is 9.40 Å². The molecule has 6 nitrogen and oxygen atoms in total. The summed E-state index contributed by atoms with van der Waals surface area (Å²) in [5, 5.41) is 12.8. The second-order valence-electron chi connectivity index (χ2n) is 4.98. The summed E-state index contributed by atoms with van der Waals surface area (Å²) >= 11 is 0. The molecule has 1 aliphatic rings. The minimum Gasteiger partial charge on any atom is -0.396 e. The van der Waals surface area contributed by atoms with Crippen molar-refractivity contribution in [2.24, 2.45) is 0 Å². The van der Waals surface area contributed by atoms with Crippen LogP contribution in [0.5, 0.6) is 0 Å². The zero-order valence-electron chi connectivity index (χ0n) is 11.2. The van der Waals surface area contributed by atoms with Gasteiger partial charge in [0.1, 0.15) is 4.90 Å². The van der Waals surface area contributed by atoms with Crippen LogP contribution >= 0.6 is 0 Å². The van der Waals surface area contributed by atoms with Gasteiger partial charge in [0.25, 0.3) is 0 Å². The van der Waals surface area contributed by atoms with Gasteiger partial charge >= 0.3 is 0 Å². The van der Waals surface area contributed by atoms with Crippen molar-refractivity contribution in [2.75, 3.05) is 13.2 Å². The van der Waals surface area contributed by atoms with E-state index in [1.807, 2.05) is 6.92 Å². The van der Waals surface area contributed by atoms with Gasteiger partial charge in [-0.3, -0.25) is 4.68 Å². The quantitative estimate of drug-likeness (QED) is 0.870. The van der Waals surface area contributed by atoms with Crippen LogP contribution in [0.3, 0.4) is 0 Å². The van der Waals surface area contributed by atoms with Crippen molar-refractivity contribution in [3.8, 4) is 0 Å². The second-order valence-corrected chi connectivity index (χ2v) is 6.87. The number of aromatic nitrogens is 2. The molecule has 19 heavy (non-hydrogen) atoms. The second kappa shape index (κ2) is 6.02. The molecule has 0 amide bonds. The Morgan fingerprint density at radius 2 is 2.26 bits per heavy atom. The van der Waals surface area contributed by atoms with Gasteiger partial charge in [-0.15, -0.1) is 0 Å². The van der Waals surface area contributed by atoms with Crippen LogP contribution in [0.25, 0.3) is 0 Å². The fourth-order valence-electron chi connectivity index (χ4n) is 2.40. The van der Waals surface area contributed by atoms with Crippen molar-refractivity contribution >= 4 is 10.0 Å². The van der Waals surface area contributed by atoms with E-state index >= 15 is 0 Å². The lowest BCUT2D eigenvalue weighted by Gasteiger charge is -2.31. The van der Waals surface area contributed by atoms with Gasteiger partial charge in [-0.25, -0.2) is 8.42 Å². The summed E-state index contributed by atoms with van der Waals surface area (Å²) in [5.74, 6) is 0. The molecule has 0 aromatic carbocycles. The summed E-state index contributed by atoms with van der Waals surface area (Å²) in [5.41, 5.74) is 0. The smallest absolute Gasteiger partial charge is 0.246 e. The molecule has 0 bridgehead atoms. The molecule has 2 heterocycles. The number of sulfonamides is 1. The molecule has 7 heteroatoms. The molecule has 1 aromatic rings. The van der Waals surface area contributed by atoms with Crippen LogP contribution in [0, 0.1) is 0 Å². The largest absolute Gasteiger partial charge is 0.396 e. The summed E-state index contributed by atoms with van der Waals surface area (Å²) in [6.07, 6.45) is 6.44. The monoisotopic (exact) mass is 287 g/mol. The highest BCUT2D eigenvalue weighted by Gasteiger charge is 2.31. The Bertz CT molecular complexity index is 512. The number of hydrogen-bond donors (Lipinski definition) is 1. The molecule has 0 aliphatic carbocycles. The van der Waals surface area contributed by atoms with E-state index in [-0.39, 0.29) is 17.5 Å². The summed E-state index contributed by atoms with van der Waals surface area (Å²) in [7, 11) is -3.43. The molecular weight excluding hydrogens is 266 g/mol. The van der Waals surface area contributed by atoms with E-state index in [1.54, 1.807) is 15.2 Å². The first-order chi connectivity index (χ1) is 9.05. The van der Waals surface area contributed by atoms with Gasteiger partial charge in [0, 0.05) is 31.9 Å². The highest BCUT2D eigenvalue weighted by atomic mass is 32.2. The number of piperidine rings is 1. The number of nitrogens with zero attached hydrogens (tertiary/aromatic N) is 3. The maximum Gasteiger partial charge on any atom is 0.246 e. The molecule has 1 atom stereocenters. The van der Waals surface area contributed by atoms with Gasteiger partial charge in [-0.1, -0.05) is 6.42 Å². The number of hydrogen-bond acceptors (Lipinski definition) is 4. The van der Waals surface area contributed by atoms with Crippen molar-refractivity contribution in [2.45, 2.75) is 50.1 Å². The van der Waals surface area contributed by atoms with E-state index in [0.29, 0.717) is 19.5 Å². The Kier molecular flexibility index (Phi) is 4.59. The minimum absolute atomic E-state index is 0.0551. The standard InChI is InChI=1S/C12H21N3O3S/c1-11-5-2-3-7-15(11)19(17,18)12-9-13-14(10-12)6-4-8-16/h9-11,16H,2-8H2,1H3. The van der Waals surface area contributed by atoms with E-state index in [1.165, 1.54) is 6.20 Å². The molecule has 2 rings (SSSR count). The van der Waals surface area contributed by atoms with Crippen molar-refractivity contribution in [3.05, 3.63) is 12.4 Å². The van der Waals surface area contributed by atoms with E-state index in [0.717, 1.165) is 19.3 Å². The predicted octanol–water partition coefficient (Wildman–Crippen LogP) is 0.829. The number of aliphatic hydroxyl groups excluding tert-OH is 1. The lowest BCUT2D eigenvalue weighted by Crippen LogP contribution is -2.41. The molecule has 1 aliphatic heterocycles. The van der Waals surface area contributed by atoms with Crippen LogP contribution in [0.2, 0.25) is 0 Å². The lowest BCUT2D eigenvalue weighted by atomic mass is 10.1. The van der Waals surface area contributed by atoms with Crippen LogP contribution in [-0.2, 0) is 16.6 Å². The Labute approximate surface area is 114 Å². The van der Waals surface area contributed by atoms with Crippen LogP contribution in [0.4, 0.5) is 0 Å². The Hall–Kier alpha value is -0.920. The Morgan fingerprint density at radius 1 is 1.47 bits per heavy atom. The van der Waals surface area contributed by atoms with Crippen LogP contribution in [-0.4, -0.2) is 46.8 Å². The first kappa shape index (κ1) is 14.5. The highest BCUT2D eigenvalue weighted by Crippen LogP contribution is 2.24. The molecule has 1 fully saturated rings. The normalized spacial score (nSPS) is 21.7. The van der Waals surface area contributed by atoms with Gasteiger partial charge in [0.15, 0.2) is 0 Å². The fraction of sp³-hybridized carbons (Fsp3) is 0.750. The average Bonchev–Trinajstić information content (AvgIpc) is 2.86. The predicted molar refractivity (Wildman–Crippen MR) is 71.1 cm³/mol. The summed E-state index contributed by atoms with van der Waals surface area (Å²) < 4.78 is 28.2. The third-order valence-corrected chi connectivity index (χ3v) is 5.47. The fourth-order valence-corrected chi connectivity index (χ4v) is 4.05. The van der Waals surface area contributed by atoms with E-state index < -0.39 is 10.0 Å². The first-order valence-electron chi connectivity index (χ1n) is 6.71. The molecule has 1 N–H and O–H groups in total. The van der Waals surface area contributed by atoms with E-state index in [2.05, 4.69) is 5.10 Å². The molecule has 108 valence electrons. The highest BCUT2D eigenvalue weighted by molar-refractivity contribution is 7.89. The van der Waals surface area contributed by atoms with E-state index in [4.69, 9.17) is 5.11 Å². The first-order valence-corrected chi connectivity index (χ1v) is 8.15. The number of aryl methyl sites for hydroxylation is 1. The zero-order chi connectivity index (χ0) is 13.9. The molecule has 0 spiro atoms. The van der Waals surface area contributed by atoms with Crippen LogP contribution < -0.4 is 0 Å². The molecule has 1 saturated heterocycles. The number of rotatable bonds is 5. The Balaban J connectivity index is 2.16. The Morgan fingerprint density at radius 3 is 2.95 bits per heavy atom. The van der Waals surface area contributed by atoms with Crippen LogP contribution in [0.15, 0.2) is 17.3 Å². The van der Waals surface area contributed by atoms with Gasteiger partial charge < -0.3 is 5.11 Å². The number of aliphatic hydroxyl groups is 1. The van der Waals surface area contributed by atoms with Crippen molar-refractivity contribution in [3.63, 3.8) is 0 Å². The molecule has 1 aromatic heterocycles. The SMILES string of the molecule is CC1CCCCN1S(=O)(=O)c1cnn(CCCO)c1. The maximum atomic E-state index is 12.5. The maximum absolute atomic E-state index is 12.5. The van der Waals surface area contributed by atoms with E-state index in [9.17, 15) is 8.42 Å². The molecule has 0 radical (unpaired) electrons. The molecular formula is C12H21N3O3S.